The van der Waals surface area contributed by atoms with Crippen LogP contribution < -0.4 is 15.2 Å². The van der Waals surface area contributed by atoms with Crippen molar-refractivity contribution in [2.75, 3.05) is 52.3 Å². The molecule has 2 aromatic rings. The summed E-state index contributed by atoms with van der Waals surface area (Å²) in [7, 11) is 5.51. The van der Waals surface area contributed by atoms with Crippen molar-refractivity contribution >= 4 is 11.6 Å². The third-order valence-corrected chi connectivity index (χ3v) is 5.46. The van der Waals surface area contributed by atoms with Gasteiger partial charge in [-0.15, -0.1) is 0 Å². The fraction of sp³-hybridized carbons (Fsp3) is 0.435. The van der Waals surface area contributed by atoms with Gasteiger partial charge >= 0.3 is 0 Å². The van der Waals surface area contributed by atoms with Crippen LogP contribution in [0, 0.1) is 0 Å². The van der Waals surface area contributed by atoms with E-state index in [2.05, 4.69) is 14.9 Å². The molecule has 0 aromatic carbocycles. The summed E-state index contributed by atoms with van der Waals surface area (Å²) in [4.78, 5) is 38.1. The second kappa shape index (κ2) is 10.3. The number of amides is 1. The Balaban J connectivity index is 1.79. The first kappa shape index (κ1) is 22.6. The molecule has 2 aromatic heterocycles. The van der Waals surface area contributed by atoms with E-state index >= 15 is 0 Å². The molecule has 0 saturated carbocycles. The first-order valence-electron chi connectivity index (χ1n) is 10.5. The number of hydrogen-bond donors (Lipinski definition) is 1. The van der Waals surface area contributed by atoms with Crippen molar-refractivity contribution in [3.8, 4) is 17.0 Å². The van der Waals surface area contributed by atoms with Crippen LogP contribution in [0.5, 0.6) is 5.88 Å². The lowest BCUT2D eigenvalue weighted by molar-refractivity contribution is -0.125. The predicted molar refractivity (Wildman–Crippen MR) is 123 cm³/mol. The fourth-order valence-corrected chi connectivity index (χ4v) is 3.84. The van der Waals surface area contributed by atoms with Gasteiger partial charge in [-0.05, 0) is 45.1 Å². The minimum atomic E-state index is -0.137. The monoisotopic (exact) mass is 425 g/mol. The fourth-order valence-electron chi connectivity index (χ4n) is 3.84. The van der Waals surface area contributed by atoms with E-state index in [1.165, 1.54) is 0 Å². The number of rotatable bonds is 8. The molecule has 3 heterocycles. The molecule has 0 bridgehead atoms. The number of aromatic nitrogens is 2. The molecule has 1 N–H and O–H groups in total. The Bertz CT molecular complexity index is 985. The first-order chi connectivity index (χ1) is 14.9. The number of anilines is 1. The second-order valence-corrected chi connectivity index (χ2v) is 7.87. The molecule has 1 amide bonds. The lowest BCUT2D eigenvalue weighted by Gasteiger charge is -2.29. The SMILES string of the molecule is CCN(c1cc(-c2ccnc(OC)c2)c[nH]c1=O)[C@H]1CCN(C(=O)C=CCN(C)C)C1. The Kier molecular flexibility index (Phi) is 7.46. The van der Waals surface area contributed by atoms with Gasteiger partial charge in [0, 0.05) is 62.3 Å². The zero-order chi connectivity index (χ0) is 22.4. The van der Waals surface area contributed by atoms with Crippen LogP contribution in [-0.4, -0.2) is 79.1 Å². The first-order valence-corrected chi connectivity index (χ1v) is 10.5. The molecule has 0 spiro atoms. The van der Waals surface area contributed by atoms with Crippen molar-refractivity contribution in [3.05, 3.63) is 53.1 Å². The molecule has 0 unspecified atom stereocenters. The number of H-pyrrole nitrogens is 1. The van der Waals surface area contributed by atoms with Crippen LogP contribution in [0.1, 0.15) is 13.3 Å². The molecule has 8 nitrogen and oxygen atoms in total. The van der Waals surface area contributed by atoms with Gasteiger partial charge in [-0.3, -0.25) is 9.59 Å². The van der Waals surface area contributed by atoms with Gasteiger partial charge in [0.2, 0.25) is 11.8 Å². The number of methoxy groups -OCH3 is 1. The molecular weight excluding hydrogens is 394 g/mol. The maximum absolute atomic E-state index is 12.7. The van der Waals surface area contributed by atoms with E-state index in [-0.39, 0.29) is 17.5 Å². The number of carbonyl (C=O) groups is 1. The number of nitrogens with one attached hydrogen (secondary N) is 1. The molecule has 1 aliphatic heterocycles. The quantitative estimate of drug-likeness (QED) is 0.652. The van der Waals surface area contributed by atoms with Gasteiger partial charge in [0.15, 0.2) is 0 Å². The van der Waals surface area contributed by atoms with E-state index in [9.17, 15) is 9.59 Å². The predicted octanol–water partition coefficient (Wildman–Crippen LogP) is 1.99. The van der Waals surface area contributed by atoms with Crippen LogP contribution in [-0.2, 0) is 4.79 Å². The summed E-state index contributed by atoms with van der Waals surface area (Å²) < 4.78 is 5.22. The van der Waals surface area contributed by atoms with E-state index in [4.69, 9.17) is 4.74 Å². The van der Waals surface area contributed by atoms with Gasteiger partial charge in [0.1, 0.15) is 5.69 Å². The molecule has 1 fully saturated rings. The number of likely N-dealkylation sites (N-methyl/N-ethyl adjacent to an activating group) is 2. The minimum Gasteiger partial charge on any atom is -0.481 e. The van der Waals surface area contributed by atoms with Crippen LogP contribution in [0.4, 0.5) is 5.69 Å². The summed E-state index contributed by atoms with van der Waals surface area (Å²) in [6, 6.07) is 5.72. The number of hydrogen-bond acceptors (Lipinski definition) is 6. The Hall–Kier alpha value is -3.13. The van der Waals surface area contributed by atoms with Crippen LogP contribution in [0.2, 0.25) is 0 Å². The molecule has 3 rings (SSSR count). The Morgan fingerprint density at radius 2 is 2.16 bits per heavy atom. The smallest absolute Gasteiger partial charge is 0.271 e. The highest BCUT2D eigenvalue weighted by Crippen LogP contribution is 2.26. The maximum atomic E-state index is 12.7. The molecule has 1 atom stereocenters. The second-order valence-electron chi connectivity index (χ2n) is 7.87. The van der Waals surface area contributed by atoms with Crippen LogP contribution in [0.3, 0.4) is 0 Å². The van der Waals surface area contributed by atoms with Crippen molar-refractivity contribution in [2.45, 2.75) is 19.4 Å². The minimum absolute atomic E-state index is 0.0203. The summed E-state index contributed by atoms with van der Waals surface area (Å²) in [6.45, 7) is 4.72. The third kappa shape index (κ3) is 5.52. The van der Waals surface area contributed by atoms with Gasteiger partial charge in [-0.25, -0.2) is 4.98 Å². The third-order valence-electron chi connectivity index (χ3n) is 5.46. The van der Waals surface area contributed by atoms with E-state index in [1.54, 1.807) is 25.6 Å². The highest BCUT2D eigenvalue weighted by atomic mass is 16.5. The highest BCUT2D eigenvalue weighted by molar-refractivity contribution is 5.88. The number of carbonyl (C=O) groups excluding carboxylic acids is 1. The molecule has 8 heteroatoms. The van der Waals surface area contributed by atoms with E-state index in [0.717, 1.165) is 24.1 Å². The van der Waals surface area contributed by atoms with Gasteiger partial charge < -0.3 is 24.4 Å². The van der Waals surface area contributed by atoms with Gasteiger partial charge in [-0.1, -0.05) is 6.08 Å². The van der Waals surface area contributed by atoms with E-state index in [1.807, 2.05) is 55.1 Å². The van der Waals surface area contributed by atoms with Gasteiger partial charge in [0.05, 0.1) is 7.11 Å². The lowest BCUT2D eigenvalue weighted by atomic mass is 10.1. The zero-order valence-corrected chi connectivity index (χ0v) is 18.7. The molecule has 166 valence electrons. The summed E-state index contributed by atoms with van der Waals surface area (Å²) in [5, 5.41) is 0. The standard InChI is InChI=1S/C23H31N5O3/c1-5-28(19-9-12-27(16-19)22(29)7-6-11-26(2)3)20-13-18(15-25-23(20)30)17-8-10-24-21(14-17)31-4/h6-8,10,13-15,19H,5,9,11-12,16H2,1-4H3,(H,25,30)/t19-/m0/s1. The van der Waals surface area contributed by atoms with Gasteiger partial charge in [0.25, 0.3) is 5.56 Å². The maximum Gasteiger partial charge on any atom is 0.271 e. The molecule has 1 aliphatic rings. The molecule has 1 saturated heterocycles. The molecule has 0 radical (unpaired) electrons. The summed E-state index contributed by atoms with van der Waals surface area (Å²) in [6.07, 6.45) is 7.73. The van der Waals surface area contributed by atoms with Crippen molar-refractivity contribution in [3.63, 3.8) is 0 Å². The largest absolute Gasteiger partial charge is 0.481 e. The van der Waals surface area contributed by atoms with Crippen molar-refractivity contribution in [1.82, 2.24) is 19.8 Å². The lowest BCUT2D eigenvalue weighted by Crippen LogP contribution is -2.41. The Morgan fingerprint density at radius 1 is 1.35 bits per heavy atom. The van der Waals surface area contributed by atoms with E-state index < -0.39 is 0 Å². The van der Waals surface area contributed by atoms with E-state index in [0.29, 0.717) is 31.2 Å². The Morgan fingerprint density at radius 3 is 2.87 bits per heavy atom. The molecule has 31 heavy (non-hydrogen) atoms. The normalized spacial score (nSPS) is 16.3. The average molecular weight is 426 g/mol. The zero-order valence-electron chi connectivity index (χ0n) is 18.7. The van der Waals surface area contributed by atoms with Crippen LogP contribution in [0.25, 0.3) is 11.1 Å². The number of aromatic amines is 1. The molecular formula is C23H31N5O3. The van der Waals surface area contributed by atoms with Gasteiger partial charge in [-0.2, -0.15) is 0 Å². The average Bonchev–Trinajstić information content (AvgIpc) is 3.25. The Labute approximate surface area is 183 Å². The van der Waals surface area contributed by atoms with Crippen LogP contribution >= 0.6 is 0 Å². The summed E-state index contributed by atoms with van der Waals surface area (Å²) in [5.41, 5.74) is 2.27. The van der Waals surface area contributed by atoms with Crippen molar-refractivity contribution < 1.29 is 9.53 Å². The molecule has 0 aliphatic carbocycles. The van der Waals surface area contributed by atoms with Crippen molar-refractivity contribution in [1.29, 1.82) is 0 Å². The number of nitrogens with zero attached hydrogens (tertiary/aromatic N) is 4. The number of ether oxygens (including phenoxy) is 1. The van der Waals surface area contributed by atoms with Crippen LogP contribution in [0.15, 0.2) is 47.5 Å². The summed E-state index contributed by atoms with van der Waals surface area (Å²) >= 11 is 0. The summed E-state index contributed by atoms with van der Waals surface area (Å²) in [5.74, 6) is 0.539. The van der Waals surface area contributed by atoms with Crippen molar-refractivity contribution in [2.24, 2.45) is 0 Å². The highest BCUT2D eigenvalue weighted by Gasteiger charge is 2.30. The number of pyridine rings is 2. The topological polar surface area (TPSA) is 81.8 Å². The number of likely N-dealkylation sites (tertiary alicyclic amines) is 1.